The smallest absolute Gasteiger partial charge is 0.246 e. The molecule has 1 aliphatic heterocycles. The van der Waals surface area contributed by atoms with Crippen molar-refractivity contribution in [3.63, 3.8) is 0 Å². The number of nitrogens with zero attached hydrogens (tertiary/aromatic N) is 2. The van der Waals surface area contributed by atoms with Crippen LogP contribution in [-0.4, -0.2) is 11.8 Å². The lowest BCUT2D eigenvalue weighted by atomic mass is 9.60. The Morgan fingerprint density at radius 2 is 2.18 bits per heavy atom. The van der Waals surface area contributed by atoms with Crippen molar-refractivity contribution < 1.29 is 9.59 Å². The third-order valence-electron chi connectivity index (χ3n) is 4.50. The van der Waals surface area contributed by atoms with Crippen LogP contribution in [0, 0.1) is 16.7 Å². The fourth-order valence-corrected chi connectivity index (χ4v) is 3.44. The second kappa shape index (κ2) is 5.36. The maximum absolute atomic E-state index is 13.1. The highest BCUT2D eigenvalue weighted by molar-refractivity contribution is 9.10. The number of rotatable bonds is 3. The van der Waals surface area contributed by atoms with Gasteiger partial charge in [-0.2, -0.15) is 5.26 Å². The molecule has 2 amide bonds. The van der Waals surface area contributed by atoms with Crippen LogP contribution >= 0.6 is 15.9 Å². The maximum Gasteiger partial charge on any atom is 0.246 e. The van der Waals surface area contributed by atoms with Crippen molar-refractivity contribution in [3.8, 4) is 6.07 Å². The third kappa shape index (κ3) is 2.02. The first-order chi connectivity index (χ1) is 10.2. The Hall–Kier alpha value is -1.93. The Morgan fingerprint density at radius 1 is 1.55 bits per heavy atom. The zero-order valence-electron chi connectivity index (χ0n) is 12.8. The number of carbonyl (C=O) groups excluding carboxylic acids is 2. The Kier molecular flexibility index (Phi) is 4.01. The fraction of sp³-hybridized carbons (Fsp3) is 0.353. The van der Waals surface area contributed by atoms with E-state index in [1.54, 1.807) is 12.1 Å². The summed E-state index contributed by atoms with van der Waals surface area (Å²) >= 11 is 3.37. The monoisotopic (exact) mass is 360 g/mol. The number of hydrogen-bond donors (Lipinski definition) is 0. The molecule has 1 unspecified atom stereocenters. The van der Waals surface area contributed by atoms with Gasteiger partial charge in [0.25, 0.3) is 0 Å². The van der Waals surface area contributed by atoms with E-state index in [4.69, 9.17) is 0 Å². The summed E-state index contributed by atoms with van der Waals surface area (Å²) in [6.45, 7) is 8.91. The topological polar surface area (TPSA) is 61.2 Å². The van der Waals surface area contributed by atoms with Gasteiger partial charge in [-0.05, 0) is 17.7 Å². The highest BCUT2D eigenvalue weighted by atomic mass is 79.9. The number of halogens is 1. The number of hydrogen-bond acceptors (Lipinski definition) is 3. The Labute approximate surface area is 138 Å². The summed E-state index contributed by atoms with van der Waals surface area (Å²) in [6, 6.07) is 7.49. The van der Waals surface area contributed by atoms with E-state index < -0.39 is 10.8 Å². The molecule has 0 aliphatic carbocycles. The minimum Gasteiger partial charge on any atom is -0.274 e. The van der Waals surface area contributed by atoms with Gasteiger partial charge in [0.2, 0.25) is 11.8 Å². The van der Waals surface area contributed by atoms with Gasteiger partial charge in [-0.25, -0.2) is 4.90 Å². The standard InChI is InChI=1S/C17H17BrN2O2/c1-5-16(3,4)17(8-9-19)13-7-6-12(18)10-14(13)20(11(2)21)15(17)22/h5-7,10H,1,8H2,2-4H3. The lowest BCUT2D eigenvalue weighted by Crippen LogP contribution is -2.50. The molecule has 0 spiro atoms. The summed E-state index contributed by atoms with van der Waals surface area (Å²) in [7, 11) is 0. The van der Waals surface area contributed by atoms with Crippen LogP contribution < -0.4 is 4.90 Å². The number of anilines is 1. The molecule has 0 saturated carbocycles. The average Bonchev–Trinajstić information content (AvgIpc) is 2.69. The van der Waals surface area contributed by atoms with Crippen molar-refractivity contribution >= 4 is 33.4 Å². The second-order valence-corrected chi connectivity index (χ2v) is 6.90. The molecule has 22 heavy (non-hydrogen) atoms. The molecule has 1 aromatic rings. The van der Waals surface area contributed by atoms with Crippen molar-refractivity contribution in [2.24, 2.45) is 5.41 Å². The van der Waals surface area contributed by atoms with E-state index in [0.717, 1.165) is 4.47 Å². The van der Waals surface area contributed by atoms with Crippen molar-refractivity contribution in [1.82, 2.24) is 0 Å². The molecule has 1 atom stereocenters. The molecular formula is C17H17BrN2O2. The SMILES string of the molecule is C=CC(C)(C)C1(CC#N)C(=O)N(C(C)=O)c2cc(Br)ccc21. The normalized spacial score (nSPS) is 20.5. The first-order valence-corrected chi connectivity index (χ1v) is 7.68. The zero-order chi connectivity index (χ0) is 16.7. The van der Waals surface area contributed by atoms with Crippen molar-refractivity contribution in [2.75, 3.05) is 4.90 Å². The van der Waals surface area contributed by atoms with Crippen LogP contribution in [-0.2, 0) is 15.0 Å². The predicted octanol–water partition coefficient (Wildman–Crippen LogP) is 3.71. The second-order valence-electron chi connectivity index (χ2n) is 5.99. The van der Waals surface area contributed by atoms with Gasteiger partial charge in [0, 0.05) is 16.8 Å². The number of imide groups is 1. The highest BCUT2D eigenvalue weighted by Crippen LogP contribution is 2.54. The Morgan fingerprint density at radius 3 is 2.68 bits per heavy atom. The van der Waals surface area contributed by atoms with Gasteiger partial charge in [-0.1, -0.05) is 41.9 Å². The number of allylic oxidation sites excluding steroid dienone is 1. The van der Waals surface area contributed by atoms with Crippen molar-refractivity contribution in [1.29, 1.82) is 5.26 Å². The van der Waals surface area contributed by atoms with Crippen LogP contribution in [0.2, 0.25) is 0 Å². The van der Waals surface area contributed by atoms with Crippen LogP contribution in [0.25, 0.3) is 0 Å². The van der Waals surface area contributed by atoms with Gasteiger partial charge in [-0.15, -0.1) is 6.58 Å². The Bertz CT molecular complexity index is 718. The minimum atomic E-state index is -1.11. The van der Waals surface area contributed by atoms with Gasteiger partial charge in [-0.3, -0.25) is 9.59 Å². The van der Waals surface area contributed by atoms with E-state index in [0.29, 0.717) is 11.3 Å². The molecular weight excluding hydrogens is 344 g/mol. The van der Waals surface area contributed by atoms with E-state index in [2.05, 4.69) is 28.6 Å². The minimum absolute atomic E-state index is 0.0106. The lowest BCUT2D eigenvalue weighted by Gasteiger charge is -2.39. The maximum atomic E-state index is 13.1. The van der Waals surface area contributed by atoms with E-state index in [9.17, 15) is 14.9 Å². The molecule has 0 bridgehead atoms. The average molecular weight is 361 g/mol. The molecule has 4 nitrogen and oxygen atoms in total. The van der Waals surface area contributed by atoms with E-state index in [1.165, 1.54) is 11.8 Å². The highest BCUT2D eigenvalue weighted by Gasteiger charge is 2.59. The molecule has 0 N–H and O–H groups in total. The van der Waals surface area contributed by atoms with Gasteiger partial charge in [0.1, 0.15) is 0 Å². The Balaban J connectivity index is 2.87. The van der Waals surface area contributed by atoms with Gasteiger partial charge in [0.05, 0.1) is 23.6 Å². The summed E-state index contributed by atoms with van der Waals surface area (Å²) < 4.78 is 0.773. The molecule has 5 heteroatoms. The molecule has 0 fully saturated rings. The number of fused-ring (bicyclic) bond motifs is 1. The van der Waals surface area contributed by atoms with Crippen LogP contribution in [0.1, 0.15) is 32.8 Å². The van der Waals surface area contributed by atoms with Crippen molar-refractivity contribution in [3.05, 3.63) is 40.9 Å². The van der Waals surface area contributed by atoms with Gasteiger partial charge >= 0.3 is 0 Å². The fourth-order valence-electron chi connectivity index (χ4n) is 3.09. The largest absolute Gasteiger partial charge is 0.274 e. The lowest BCUT2D eigenvalue weighted by molar-refractivity contribution is -0.130. The van der Waals surface area contributed by atoms with Gasteiger partial charge in [0.15, 0.2) is 0 Å². The number of nitriles is 1. The summed E-state index contributed by atoms with van der Waals surface area (Å²) in [5.74, 6) is -0.719. The van der Waals surface area contributed by atoms with Crippen LogP contribution in [0.3, 0.4) is 0 Å². The first kappa shape index (κ1) is 16.4. The molecule has 1 aliphatic rings. The molecule has 1 heterocycles. The number of carbonyl (C=O) groups is 2. The quantitative estimate of drug-likeness (QED) is 0.771. The van der Waals surface area contributed by atoms with Crippen LogP contribution in [0.4, 0.5) is 5.69 Å². The van der Waals surface area contributed by atoms with Gasteiger partial charge < -0.3 is 0 Å². The number of amides is 2. The molecule has 114 valence electrons. The summed E-state index contributed by atoms with van der Waals surface area (Å²) in [6.07, 6.45) is 1.67. The van der Waals surface area contributed by atoms with Crippen LogP contribution in [0.15, 0.2) is 35.3 Å². The zero-order valence-corrected chi connectivity index (χ0v) is 14.4. The summed E-state index contributed by atoms with van der Waals surface area (Å²) in [5.41, 5.74) is -0.544. The molecule has 0 radical (unpaired) electrons. The predicted molar refractivity (Wildman–Crippen MR) is 88.2 cm³/mol. The van der Waals surface area contributed by atoms with E-state index in [-0.39, 0.29) is 18.2 Å². The molecule has 1 aromatic carbocycles. The van der Waals surface area contributed by atoms with E-state index in [1.807, 2.05) is 26.0 Å². The van der Waals surface area contributed by atoms with Crippen LogP contribution in [0.5, 0.6) is 0 Å². The number of benzene rings is 1. The summed E-state index contributed by atoms with van der Waals surface area (Å²) in [4.78, 5) is 26.3. The third-order valence-corrected chi connectivity index (χ3v) is 4.99. The van der Waals surface area contributed by atoms with Crippen molar-refractivity contribution in [2.45, 2.75) is 32.6 Å². The molecule has 0 aromatic heterocycles. The molecule has 0 saturated heterocycles. The molecule has 2 rings (SSSR count). The first-order valence-electron chi connectivity index (χ1n) is 6.88. The summed E-state index contributed by atoms with van der Waals surface area (Å²) in [5, 5.41) is 9.32. The van der Waals surface area contributed by atoms with E-state index >= 15 is 0 Å².